The van der Waals surface area contributed by atoms with Crippen molar-refractivity contribution in [3.05, 3.63) is 18.1 Å². The molecule has 15 heavy (non-hydrogen) atoms. The van der Waals surface area contributed by atoms with Crippen LogP contribution in [0.3, 0.4) is 0 Å². The lowest BCUT2D eigenvalue weighted by Crippen LogP contribution is -2.35. The molecule has 1 saturated heterocycles. The maximum absolute atomic E-state index is 12.7. The Balaban J connectivity index is 2.22. The highest BCUT2D eigenvalue weighted by molar-refractivity contribution is 5.40. The Labute approximate surface area is 87.1 Å². The summed E-state index contributed by atoms with van der Waals surface area (Å²) in [5, 5.41) is 0. The fourth-order valence-corrected chi connectivity index (χ4v) is 1.94. The molecule has 0 radical (unpaired) electrons. The molecular formula is C10H13F2N3. The zero-order valence-electron chi connectivity index (χ0n) is 8.53. The third-order valence-electron chi connectivity index (χ3n) is 2.65. The second kappa shape index (κ2) is 4.08. The quantitative estimate of drug-likeness (QED) is 0.752. The molecule has 2 heterocycles. The Morgan fingerprint density at radius 2 is 2.33 bits per heavy atom. The first-order chi connectivity index (χ1) is 7.18. The lowest BCUT2D eigenvalue weighted by molar-refractivity contribution is 0.117. The predicted molar refractivity (Wildman–Crippen MR) is 53.1 cm³/mol. The average Bonchev–Trinajstić information content (AvgIpc) is 2.65. The highest BCUT2D eigenvalue weighted by Crippen LogP contribution is 2.27. The lowest BCUT2D eigenvalue weighted by Gasteiger charge is -2.24. The molecule has 0 N–H and O–H groups in total. The number of hydrogen-bond acceptors (Lipinski definition) is 3. The van der Waals surface area contributed by atoms with E-state index in [1.807, 2.05) is 0 Å². The first kappa shape index (κ1) is 10.3. The van der Waals surface area contributed by atoms with Gasteiger partial charge in [0.15, 0.2) is 0 Å². The smallest absolute Gasteiger partial charge is 0.258 e. The largest absolute Gasteiger partial charge is 0.348 e. The van der Waals surface area contributed by atoms with Crippen LogP contribution < -0.4 is 4.90 Å². The molecule has 1 aromatic rings. The van der Waals surface area contributed by atoms with Gasteiger partial charge in [0.05, 0.1) is 6.04 Å². The molecule has 0 aromatic carbocycles. The van der Waals surface area contributed by atoms with E-state index in [2.05, 4.69) is 9.97 Å². The third-order valence-corrected chi connectivity index (χ3v) is 2.65. The van der Waals surface area contributed by atoms with Gasteiger partial charge in [0, 0.05) is 12.7 Å². The molecule has 1 aliphatic rings. The summed E-state index contributed by atoms with van der Waals surface area (Å²) in [6.07, 6.45) is 0.653. The molecule has 0 unspecified atom stereocenters. The zero-order chi connectivity index (χ0) is 10.8. The van der Waals surface area contributed by atoms with Crippen LogP contribution in [0.2, 0.25) is 0 Å². The van der Waals surface area contributed by atoms with E-state index < -0.39 is 12.5 Å². The highest BCUT2D eigenvalue weighted by Gasteiger charge is 2.32. The van der Waals surface area contributed by atoms with Crippen LogP contribution in [0.5, 0.6) is 0 Å². The topological polar surface area (TPSA) is 29.0 Å². The maximum Gasteiger partial charge on any atom is 0.258 e. The standard InChI is InChI=1S/C10H13F2N3/c1-7-13-5-4-9(14-7)15-6-2-3-8(15)10(11)12/h4-5,8,10H,2-3,6H2,1H3/t8-/m1/s1. The molecule has 82 valence electrons. The number of halogens is 2. The van der Waals surface area contributed by atoms with Crippen molar-refractivity contribution in [2.24, 2.45) is 0 Å². The summed E-state index contributed by atoms with van der Waals surface area (Å²) in [7, 11) is 0. The third kappa shape index (κ3) is 2.06. The van der Waals surface area contributed by atoms with Crippen LogP contribution >= 0.6 is 0 Å². The van der Waals surface area contributed by atoms with Gasteiger partial charge in [-0.15, -0.1) is 0 Å². The van der Waals surface area contributed by atoms with Gasteiger partial charge in [-0.25, -0.2) is 18.7 Å². The molecule has 1 aromatic heterocycles. The minimum absolute atomic E-state index is 0.542. The van der Waals surface area contributed by atoms with Crippen molar-refractivity contribution in [2.45, 2.75) is 32.2 Å². The molecule has 0 spiro atoms. The SMILES string of the molecule is Cc1nccc(N2CCC[C@@H]2C(F)F)n1. The first-order valence-corrected chi connectivity index (χ1v) is 5.03. The molecule has 1 fully saturated rings. The minimum Gasteiger partial charge on any atom is -0.348 e. The van der Waals surface area contributed by atoms with Gasteiger partial charge < -0.3 is 4.90 Å². The zero-order valence-corrected chi connectivity index (χ0v) is 8.53. The van der Waals surface area contributed by atoms with Crippen LogP contribution in [0.25, 0.3) is 0 Å². The van der Waals surface area contributed by atoms with Gasteiger partial charge in [0.25, 0.3) is 6.43 Å². The van der Waals surface area contributed by atoms with Crippen LogP contribution in [0.15, 0.2) is 12.3 Å². The van der Waals surface area contributed by atoms with Gasteiger partial charge >= 0.3 is 0 Å². The van der Waals surface area contributed by atoms with E-state index in [9.17, 15) is 8.78 Å². The van der Waals surface area contributed by atoms with Crippen LogP contribution in [0.1, 0.15) is 18.7 Å². The fraction of sp³-hybridized carbons (Fsp3) is 0.600. The van der Waals surface area contributed by atoms with Gasteiger partial charge in [-0.05, 0) is 25.8 Å². The van der Waals surface area contributed by atoms with Crippen molar-refractivity contribution in [2.75, 3.05) is 11.4 Å². The summed E-state index contributed by atoms with van der Waals surface area (Å²) >= 11 is 0. The average molecular weight is 213 g/mol. The van der Waals surface area contributed by atoms with Crippen molar-refractivity contribution in [3.8, 4) is 0 Å². The summed E-state index contributed by atoms with van der Waals surface area (Å²) in [6, 6.07) is 1.01. The van der Waals surface area contributed by atoms with Gasteiger partial charge in [0.1, 0.15) is 11.6 Å². The molecule has 2 rings (SSSR count). The summed E-state index contributed by atoms with van der Waals surface area (Å²) in [6.45, 7) is 2.42. The maximum atomic E-state index is 12.7. The fourth-order valence-electron chi connectivity index (χ4n) is 1.94. The predicted octanol–water partition coefficient (Wildman–Crippen LogP) is 2.02. The normalized spacial score (nSPS) is 21.3. The van der Waals surface area contributed by atoms with Crippen LogP contribution in [0.4, 0.5) is 14.6 Å². The first-order valence-electron chi connectivity index (χ1n) is 5.03. The second-order valence-corrected chi connectivity index (χ2v) is 3.70. The van der Waals surface area contributed by atoms with E-state index in [1.165, 1.54) is 0 Å². The van der Waals surface area contributed by atoms with Crippen LogP contribution in [0, 0.1) is 6.92 Å². The molecule has 0 bridgehead atoms. The van der Waals surface area contributed by atoms with Crippen molar-refractivity contribution < 1.29 is 8.78 Å². The van der Waals surface area contributed by atoms with Crippen molar-refractivity contribution in [1.82, 2.24) is 9.97 Å². The molecule has 0 amide bonds. The van der Waals surface area contributed by atoms with Gasteiger partial charge in [-0.1, -0.05) is 0 Å². The number of aryl methyl sites for hydroxylation is 1. The van der Waals surface area contributed by atoms with E-state index >= 15 is 0 Å². The molecule has 5 heteroatoms. The molecule has 3 nitrogen and oxygen atoms in total. The number of alkyl halides is 2. The van der Waals surface area contributed by atoms with E-state index in [0.29, 0.717) is 24.6 Å². The van der Waals surface area contributed by atoms with Crippen LogP contribution in [-0.2, 0) is 0 Å². The molecule has 0 aliphatic carbocycles. The van der Waals surface area contributed by atoms with E-state index in [-0.39, 0.29) is 0 Å². The Kier molecular flexibility index (Phi) is 2.79. The Bertz CT molecular complexity index is 343. The van der Waals surface area contributed by atoms with Crippen molar-refractivity contribution >= 4 is 5.82 Å². The van der Waals surface area contributed by atoms with Gasteiger partial charge in [-0.3, -0.25) is 0 Å². The monoisotopic (exact) mass is 213 g/mol. The van der Waals surface area contributed by atoms with E-state index in [4.69, 9.17) is 0 Å². The van der Waals surface area contributed by atoms with Crippen molar-refractivity contribution in [3.63, 3.8) is 0 Å². The Morgan fingerprint density at radius 3 is 3.00 bits per heavy atom. The Hall–Kier alpha value is -1.26. The summed E-state index contributed by atoms with van der Waals surface area (Å²) in [4.78, 5) is 9.81. The number of rotatable bonds is 2. The number of nitrogens with zero attached hydrogens (tertiary/aromatic N) is 3. The van der Waals surface area contributed by atoms with Gasteiger partial charge in [0.2, 0.25) is 0 Å². The summed E-state index contributed by atoms with van der Waals surface area (Å²) < 4.78 is 25.4. The number of hydrogen-bond donors (Lipinski definition) is 0. The highest BCUT2D eigenvalue weighted by atomic mass is 19.3. The minimum atomic E-state index is -2.30. The van der Waals surface area contributed by atoms with Crippen molar-refractivity contribution in [1.29, 1.82) is 0 Å². The molecule has 1 aliphatic heterocycles. The summed E-state index contributed by atoms with van der Waals surface area (Å²) in [5.74, 6) is 1.23. The molecule has 1 atom stereocenters. The van der Waals surface area contributed by atoms with E-state index in [0.717, 1.165) is 6.42 Å². The van der Waals surface area contributed by atoms with Crippen LogP contribution in [-0.4, -0.2) is 29.0 Å². The van der Waals surface area contributed by atoms with E-state index in [1.54, 1.807) is 24.1 Å². The second-order valence-electron chi connectivity index (χ2n) is 3.70. The Morgan fingerprint density at radius 1 is 1.53 bits per heavy atom. The molecule has 0 saturated carbocycles. The number of aromatic nitrogens is 2. The summed E-state index contributed by atoms with van der Waals surface area (Å²) in [5.41, 5.74) is 0. The van der Waals surface area contributed by atoms with Gasteiger partial charge in [-0.2, -0.15) is 0 Å². The molecular weight excluding hydrogens is 200 g/mol. The number of anilines is 1. The lowest BCUT2D eigenvalue weighted by atomic mass is 10.2.